The van der Waals surface area contributed by atoms with Crippen molar-refractivity contribution in [3.8, 4) is 0 Å². The van der Waals surface area contributed by atoms with E-state index < -0.39 is 10.7 Å². The van der Waals surface area contributed by atoms with Gasteiger partial charge in [0.25, 0.3) is 11.2 Å². The van der Waals surface area contributed by atoms with Crippen LogP contribution in [0.4, 0.5) is 10.1 Å². The summed E-state index contributed by atoms with van der Waals surface area (Å²) in [6.45, 7) is 1.64. The molecule has 0 radical (unpaired) electrons. The summed E-state index contributed by atoms with van der Waals surface area (Å²) in [4.78, 5) is 26.0. The highest BCUT2D eigenvalue weighted by Gasteiger charge is 2.12. The Labute approximate surface area is 121 Å². The molecule has 6 nitrogen and oxygen atoms in total. The quantitative estimate of drug-likeness (QED) is 0.634. The molecule has 0 saturated heterocycles. The number of hydrogen-bond donors (Lipinski definition) is 0. The highest BCUT2D eigenvalue weighted by molar-refractivity contribution is 9.10. The maximum atomic E-state index is 13.4. The Bertz CT molecular complexity index is 745. The third-order valence-electron chi connectivity index (χ3n) is 2.70. The van der Waals surface area contributed by atoms with Crippen molar-refractivity contribution in [3.63, 3.8) is 0 Å². The normalized spacial score (nSPS) is 10.6. The van der Waals surface area contributed by atoms with Gasteiger partial charge in [0.2, 0.25) is 0 Å². The van der Waals surface area contributed by atoms with E-state index in [1.54, 1.807) is 6.92 Å². The number of hydrogen-bond acceptors (Lipinski definition) is 4. The Hall–Kier alpha value is -2.09. The molecule has 0 saturated carbocycles. The minimum absolute atomic E-state index is 0.00963. The second-order valence-electron chi connectivity index (χ2n) is 4.12. The molecule has 0 unspecified atom stereocenters. The molecule has 0 N–H and O–H groups in total. The number of rotatable bonds is 3. The molecular formula is C12H9BrFN3O3. The van der Waals surface area contributed by atoms with Gasteiger partial charge in [-0.25, -0.2) is 9.37 Å². The van der Waals surface area contributed by atoms with Crippen molar-refractivity contribution in [1.29, 1.82) is 0 Å². The SMILES string of the molecule is Cc1ncc(Br)c(=O)n1Cc1cc(F)cc([N+](=O)[O-])c1. The van der Waals surface area contributed by atoms with Crippen molar-refractivity contribution in [2.75, 3.05) is 0 Å². The third kappa shape index (κ3) is 2.90. The number of non-ortho nitro benzene ring substituents is 1. The molecule has 0 spiro atoms. The van der Waals surface area contributed by atoms with Gasteiger partial charge in [0.15, 0.2) is 0 Å². The summed E-state index contributed by atoms with van der Waals surface area (Å²) in [5.41, 5.74) is -0.361. The van der Waals surface area contributed by atoms with Crippen molar-refractivity contribution < 1.29 is 9.31 Å². The van der Waals surface area contributed by atoms with Crippen molar-refractivity contribution >= 4 is 21.6 Å². The smallest absolute Gasteiger partial charge is 0.272 e. The van der Waals surface area contributed by atoms with Crippen LogP contribution in [0.15, 0.2) is 33.7 Å². The van der Waals surface area contributed by atoms with Gasteiger partial charge in [0.05, 0.1) is 17.5 Å². The van der Waals surface area contributed by atoms with E-state index in [2.05, 4.69) is 20.9 Å². The molecule has 0 atom stereocenters. The third-order valence-corrected chi connectivity index (χ3v) is 3.24. The standard InChI is InChI=1S/C12H9BrFN3O3/c1-7-15-5-11(13)12(18)16(7)6-8-2-9(14)4-10(3-8)17(19)20/h2-5H,6H2,1H3. The molecule has 1 aromatic heterocycles. The van der Waals surface area contributed by atoms with Crippen LogP contribution in [0.5, 0.6) is 0 Å². The lowest BCUT2D eigenvalue weighted by Gasteiger charge is -2.09. The number of nitrogens with zero attached hydrogens (tertiary/aromatic N) is 3. The molecule has 1 aromatic carbocycles. The molecule has 2 aromatic rings. The van der Waals surface area contributed by atoms with Crippen molar-refractivity contribution in [2.24, 2.45) is 0 Å². The Kier molecular flexibility index (Phi) is 3.93. The lowest BCUT2D eigenvalue weighted by Crippen LogP contribution is -2.24. The van der Waals surface area contributed by atoms with Crippen LogP contribution in [0.2, 0.25) is 0 Å². The fraction of sp³-hybridized carbons (Fsp3) is 0.167. The van der Waals surface area contributed by atoms with Crippen LogP contribution in [0, 0.1) is 22.9 Å². The molecule has 1 heterocycles. The van der Waals surface area contributed by atoms with Crippen molar-refractivity contribution in [3.05, 3.63) is 66.5 Å². The van der Waals surface area contributed by atoms with Crippen LogP contribution in [0.25, 0.3) is 0 Å². The minimum Gasteiger partial charge on any atom is -0.291 e. The van der Waals surface area contributed by atoms with Crippen LogP contribution < -0.4 is 5.56 Å². The van der Waals surface area contributed by atoms with Crippen LogP contribution >= 0.6 is 15.9 Å². The van der Waals surface area contributed by atoms with Gasteiger partial charge in [-0.2, -0.15) is 0 Å². The summed E-state index contributed by atoms with van der Waals surface area (Å²) < 4.78 is 14.9. The maximum Gasteiger partial charge on any atom is 0.272 e. The topological polar surface area (TPSA) is 78.0 Å². The van der Waals surface area contributed by atoms with Crippen LogP contribution in [-0.2, 0) is 6.54 Å². The Morgan fingerprint density at radius 1 is 1.45 bits per heavy atom. The summed E-state index contributed by atoms with van der Waals surface area (Å²) in [6, 6.07) is 3.22. The maximum absolute atomic E-state index is 13.4. The molecule has 0 aliphatic carbocycles. The van der Waals surface area contributed by atoms with Gasteiger partial charge in [0.1, 0.15) is 16.1 Å². The van der Waals surface area contributed by atoms with E-state index in [0.29, 0.717) is 11.4 Å². The second kappa shape index (κ2) is 5.49. The van der Waals surface area contributed by atoms with Gasteiger partial charge in [-0.3, -0.25) is 19.5 Å². The number of aryl methyl sites for hydroxylation is 1. The van der Waals surface area contributed by atoms with E-state index in [9.17, 15) is 19.3 Å². The van der Waals surface area contributed by atoms with E-state index in [1.165, 1.54) is 16.8 Å². The fourth-order valence-electron chi connectivity index (χ4n) is 1.75. The molecule has 104 valence electrons. The summed E-state index contributed by atoms with van der Waals surface area (Å²) in [5, 5.41) is 10.7. The first-order valence-corrected chi connectivity index (χ1v) is 6.33. The first kappa shape index (κ1) is 14.3. The predicted octanol–water partition coefficient (Wildman–Crippen LogP) is 2.41. The monoisotopic (exact) mass is 341 g/mol. The number of aromatic nitrogens is 2. The first-order valence-electron chi connectivity index (χ1n) is 5.54. The van der Waals surface area contributed by atoms with E-state index in [-0.39, 0.29) is 22.3 Å². The average molecular weight is 342 g/mol. The summed E-state index contributed by atoms with van der Waals surface area (Å²) >= 11 is 3.07. The van der Waals surface area contributed by atoms with Crippen molar-refractivity contribution in [2.45, 2.75) is 13.5 Å². The van der Waals surface area contributed by atoms with Gasteiger partial charge in [-0.05, 0) is 34.5 Å². The Balaban J connectivity index is 2.48. The lowest BCUT2D eigenvalue weighted by atomic mass is 10.2. The molecular weight excluding hydrogens is 333 g/mol. The second-order valence-corrected chi connectivity index (χ2v) is 4.97. The molecule has 0 amide bonds. The Morgan fingerprint density at radius 2 is 2.15 bits per heavy atom. The molecule has 0 bridgehead atoms. The highest BCUT2D eigenvalue weighted by atomic mass is 79.9. The number of nitro benzene ring substituents is 1. The van der Waals surface area contributed by atoms with Gasteiger partial charge in [-0.1, -0.05) is 0 Å². The number of halogens is 2. The first-order chi connectivity index (χ1) is 9.38. The molecule has 20 heavy (non-hydrogen) atoms. The molecule has 0 aliphatic heterocycles. The van der Waals surface area contributed by atoms with E-state index >= 15 is 0 Å². The highest BCUT2D eigenvalue weighted by Crippen LogP contribution is 2.17. The van der Waals surface area contributed by atoms with Crippen molar-refractivity contribution in [1.82, 2.24) is 9.55 Å². The van der Waals surface area contributed by atoms with Gasteiger partial charge < -0.3 is 0 Å². The van der Waals surface area contributed by atoms with Crippen LogP contribution in [0.3, 0.4) is 0 Å². The fourth-order valence-corrected chi connectivity index (χ4v) is 2.07. The summed E-state index contributed by atoms with van der Waals surface area (Å²) in [7, 11) is 0. The van der Waals surface area contributed by atoms with E-state index in [1.807, 2.05) is 0 Å². The Morgan fingerprint density at radius 3 is 2.80 bits per heavy atom. The summed E-state index contributed by atoms with van der Waals surface area (Å²) in [6.07, 6.45) is 1.38. The van der Waals surface area contributed by atoms with Gasteiger partial charge >= 0.3 is 0 Å². The molecule has 0 fully saturated rings. The van der Waals surface area contributed by atoms with E-state index in [4.69, 9.17) is 0 Å². The number of benzene rings is 1. The minimum atomic E-state index is -0.720. The predicted molar refractivity (Wildman–Crippen MR) is 73.1 cm³/mol. The molecule has 0 aliphatic rings. The zero-order valence-electron chi connectivity index (χ0n) is 10.3. The van der Waals surface area contributed by atoms with E-state index in [0.717, 1.165) is 12.1 Å². The molecule has 8 heteroatoms. The molecule has 2 rings (SSSR count). The average Bonchev–Trinajstić information content (AvgIpc) is 2.38. The number of nitro groups is 1. The van der Waals surface area contributed by atoms with Gasteiger partial charge in [-0.15, -0.1) is 0 Å². The summed E-state index contributed by atoms with van der Waals surface area (Å²) in [5.74, 6) is -0.284. The lowest BCUT2D eigenvalue weighted by molar-refractivity contribution is -0.385. The zero-order chi connectivity index (χ0) is 14.9. The largest absolute Gasteiger partial charge is 0.291 e. The van der Waals surface area contributed by atoms with Crippen LogP contribution in [0.1, 0.15) is 11.4 Å². The van der Waals surface area contributed by atoms with Crippen LogP contribution in [-0.4, -0.2) is 14.5 Å². The van der Waals surface area contributed by atoms with Gasteiger partial charge in [0, 0.05) is 12.3 Å². The zero-order valence-corrected chi connectivity index (χ0v) is 11.9.